The molecule has 2 heterocycles. The number of hydrogen-bond donors (Lipinski definition) is 1. The average Bonchev–Trinajstić information content (AvgIpc) is 3.01. The van der Waals surface area contributed by atoms with Crippen LogP contribution in [0.15, 0.2) is 35.1 Å². The Morgan fingerprint density at radius 2 is 1.84 bits per heavy atom. The van der Waals surface area contributed by atoms with E-state index in [9.17, 15) is 14.3 Å². The van der Waals surface area contributed by atoms with Crippen molar-refractivity contribution in [2.45, 2.75) is 39.4 Å². The van der Waals surface area contributed by atoms with Gasteiger partial charge in [0.25, 0.3) is 5.56 Å². The molecule has 4 rings (SSSR count). The molecule has 0 bridgehead atoms. The molecule has 31 heavy (non-hydrogen) atoms. The maximum atomic E-state index is 15.0. The predicted molar refractivity (Wildman–Crippen MR) is 115 cm³/mol. The number of halogens is 2. The molecular formula is C23H22ClFN2O4. The molecule has 3 aromatic rings. The number of aromatic nitrogens is 2. The lowest BCUT2D eigenvalue weighted by molar-refractivity contribution is -0.0431. The monoisotopic (exact) mass is 444 g/mol. The summed E-state index contributed by atoms with van der Waals surface area (Å²) in [6.07, 6.45) is 0.858. The normalized spacial score (nSPS) is 14.1. The van der Waals surface area contributed by atoms with Crippen LogP contribution in [0.3, 0.4) is 0 Å². The van der Waals surface area contributed by atoms with Gasteiger partial charge in [-0.2, -0.15) is 5.10 Å². The van der Waals surface area contributed by atoms with Crippen LogP contribution < -0.4 is 15.0 Å². The van der Waals surface area contributed by atoms with Gasteiger partial charge in [0.15, 0.2) is 17.2 Å². The number of aryl methyl sites for hydroxylation is 3. The van der Waals surface area contributed by atoms with E-state index >= 15 is 0 Å². The summed E-state index contributed by atoms with van der Waals surface area (Å²) in [6.45, 7) is 5.21. The summed E-state index contributed by atoms with van der Waals surface area (Å²) < 4.78 is 27.5. The number of nitrogens with zero attached hydrogens (tertiary/aromatic N) is 2. The van der Waals surface area contributed by atoms with Crippen molar-refractivity contribution in [3.63, 3.8) is 0 Å². The highest BCUT2D eigenvalue weighted by Crippen LogP contribution is 2.40. The molecule has 0 saturated heterocycles. The maximum absolute atomic E-state index is 15.0. The molecule has 0 spiro atoms. The van der Waals surface area contributed by atoms with Crippen molar-refractivity contribution >= 4 is 11.6 Å². The van der Waals surface area contributed by atoms with Crippen LogP contribution in [-0.2, 0) is 19.9 Å². The Hall–Kier alpha value is -3.06. The number of hydrogen-bond acceptors (Lipinski definition) is 5. The molecule has 1 aliphatic rings. The van der Waals surface area contributed by atoms with E-state index in [2.05, 4.69) is 5.10 Å². The molecule has 0 atom stereocenters. The van der Waals surface area contributed by atoms with Crippen LogP contribution in [0.5, 0.6) is 17.2 Å². The van der Waals surface area contributed by atoms with Crippen molar-refractivity contribution in [1.29, 1.82) is 0 Å². The first-order valence-electron chi connectivity index (χ1n) is 9.82. The van der Waals surface area contributed by atoms with Gasteiger partial charge in [-0.05, 0) is 55.2 Å². The highest BCUT2D eigenvalue weighted by atomic mass is 35.5. The topological polar surface area (TPSA) is 73.6 Å². The van der Waals surface area contributed by atoms with Crippen molar-refractivity contribution in [1.82, 2.24) is 9.78 Å². The number of ether oxygens (including phenoxy) is 2. The van der Waals surface area contributed by atoms with Gasteiger partial charge < -0.3 is 14.6 Å². The molecule has 1 N–H and O–H groups in total. The van der Waals surface area contributed by atoms with Crippen molar-refractivity contribution in [3.8, 4) is 28.4 Å². The summed E-state index contributed by atoms with van der Waals surface area (Å²) in [5.41, 5.74) is 0.860. The minimum atomic E-state index is -0.725. The van der Waals surface area contributed by atoms with Gasteiger partial charge in [-0.15, -0.1) is 0 Å². The average molecular weight is 445 g/mol. The highest BCUT2D eigenvalue weighted by molar-refractivity contribution is 6.31. The van der Waals surface area contributed by atoms with Crippen molar-refractivity contribution < 1.29 is 19.0 Å². The van der Waals surface area contributed by atoms with Gasteiger partial charge in [0.05, 0.1) is 5.56 Å². The summed E-state index contributed by atoms with van der Waals surface area (Å²) in [7, 11) is 1.45. The van der Waals surface area contributed by atoms with Crippen molar-refractivity contribution in [3.05, 3.63) is 68.3 Å². The Morgan fingerprint density at radius 1 is 1.13 bits per heavy atom. The molecule has 1 aliphatic heterocycles. The standard InChI is InChI=1S/C23H22ClFN2O4/c1-12-21(28)20(22(29)27(4)26-12)19-14(15(24)8-9-16(19)25)7-5-13-6-10-17-18(11-13)31-23(2,3)30-17/h6,8-11,28H,5,7H2,1-4H3. The number of rotatable bonds is 4. The molecule has 0 radical (unpaired) electrons. The van der Waals surface area contributed by atoms with Gasteiger partial charge in [0, 0.05) is 31.5 Å². The Kier molecular flexibility index (Phi) is 5.17. The van der Waals surface area contributed by atoms with E-state index in [1.165, 1.54) is 19.2 Å². The fourth-order valence-corrected chi connectivity index (χ4v) is 4.04. The summed E-state index contributed by atoms with van der Waals surface area (Å²) >= 11 is 6.42. The van der Waals surface area contributed by atoms with E-state index in [1.54, 1.807) is 6.92 Å². The van der Waals surface area contributed by atoms with E-state index < -0.39 is 17.2 Å². The SMILES string of the molecule is Cc1nn(C)c(=O)c(-c2c(F)ccc(Cl)c2CCc2ccc3c(c2)OC(C)(C)O3)c1O. The predicted octanol–water partition coefficient (Wildman–Crippen LogP) is 4.55. The van der Waals surface area contributed by atoms with E-state index in [0.717, 1.165) is 10.2 Å². The van der Waals surface area contributed by atoms with Gasteiger partial charge in [-0.1, -0.05) is 17.7 Å². The van der Waals surface area contributed by atoms with Crippen LogP contribution in [0.1, 0.15) is 30.7 Å². The Morgan fingerprint density at radius 3 is 2.58 bits per heavy atom. The smallest absolute Gasteiger partial charge is 0.278 e. The fourth-order valence-electron chi connectivity index (χ4n) is 3.79. The molecule has 1 aromatic heterocycles. The van der Waals surface area contributed by atoms with Crippen LogP contribution in [-0.4, -0.2) is 20.7 Å². The second-order valence-electron chi connectivity index (χ2n) is 8.01. The molecule has 2 aromatic carbocycles. The summed E-state index contributed by atoms with van der Waals surface area (Å²) in [5, 5.41) is 14.8. The summed E-state index contributed by atoms with van der Waals surface area (Å²) in [6, 6.07) is 8.26. The molecule has 6 nitrogen and oxygen atoms in total. The second-order valence-corrected chi connectivity index (χ2v) is 8.41. The lowest BCUT2D eigenvalue weighted by Gasteiger charge is -2.16. The third kappa shape index (κ3) is 3.85. The van der Waals surface area contributed by atoms with Gasteiger partial charge in [0.1, 0.15) is 11.5 Å². The number of benzene rings is 2. The molecule has 0 fully saturated rings. The number of aromatic hydroxyl groups is 1. The van der Waals surface area contributed by atoms with Crippen LogP contribution in [0.2, 0.25) is 5.02 Å². The molecule has 162 valence electrons. The summed E-state index contributed by atoms with van der Waals surface area (Å²) in [4.78, 5) is 12.7. The minimum absolute atomic E-state index is 0.00187. The molecular weight excluding hydrogens is 423 g/mol. The van der Waals surface area contributed by atoms with Gasteiger partial charge in [-0.3, -0.25) is 4.79 Å². The van der Waals surface area contributed by atoms with Crippen LogP contribution in [0, 0.1) is 12.7 Å². The summed E-state index contributed by atoms with van der Waals surface area (Å²) in [5.74, 6) is -0.402. The van der Waals surface area contributed by atoms with Crippen molar-refractivity contribution in [2.24, 2.45) is 7.05 Å². The fraction of sp³-hybridized carbons (Fsp3) is 0.304. The molecule has 8 heteroatoms. The highest BCUT2D eigenvalue weighted by Gasteiger charge is 2.31. The third-order valence-electron chi connectivity index (χ3n) is 5.23. The quantitative estimate of drug-likeness (QED) is 0.639. The first kappa shape index (κ1) is 21.2. The zero-order valence-corrected chi connectivity index (χ0v) is 18.4. The van der Waals surface area contributed by atoms with Gasteiger partial charge in [0.2, 0.25) is 5.79 Å². The largest absolute Gasteiger partial charge is 0.505 e. The Labute approximate surface area is 183 Å². The molecule has 0 saturated carbocycles. The zero-order valence-electron chi connectivity index (χ0n) is 17.6. The zero-order chi connectivity index (χ0) is 22.5. The van der Waals surface area contributed by atoms with E-state index in [1.807, 2.05) is 32.0 Å². The van der Waals surface area contributed by atoms with Crippen LogP contribution in [0.4, 0.5) is 4.39 Å². The lowest BCUT2D eigenvalue weighted by Crippen LogP contribution is -2.29. The van der Waals surface area contributed by atoms with Crippen molar-refractivity contribution in [2.75, 3.05) is 0 Å². The van der Waals surface area contributed by atoms with E-state index in [4.69, 9.17) is 21.1 Å². The Balaban J connectivity index is 1.74. The second kappa shape index (κ2) is 7.57. The first-order chi connectivity index (χ1) is 14.6. The van der Waals surface area contributed by atoms with Gasteiger partial charge >= 0.3 is 0 Å². The molecule has 0 aliphatic carbocycles. The Bertz CT molecular complexity index is 1250. The first-order valence-corrected chi connectivity index (χ1v) is 10.2. The third-order valence-corrected chi connectivity index (χ3v) is 5.58. The maximum Gasteiger partial charge on any atom is 0.278 e. The minimum Gasteiger partial charge on any atom is -0.505 e. The molecule has 0 amide bonds. The van der Waals surface area contributed by atoms with E-state index in [0.29, 0.717) is 34.9 Å². The van der Waals surface area contributed by atoms with Crippen LogP contribution >= 0.6 is 11.6 Å². The van der Waals surface area contributed by atoms with E-state index in [-0.39, 0.29) is 22.6 Å². The lowest BCUT2D eigenvalue weighted by atomic mass is 9.94. The van der Waals surface area contributed by atoms with Crippen LogP contribution in [0.25, 0.3) is 11.1 Å². The number of fused-ring (bicyclic) bond motifs is 1. The van der Waals surface area contributed by atoms with Gasteiger partial charge in [-0.25, -0.2) is 9.07 Å². The molecule has 0 unspecified atom stereocenters.